The van der Waals surface area contributed by atoms with Gasteiger partial charge in [-0.15, -0.1) is 0 Å². The zero-order valence-electron chi connectivity index (χ0n) is 21.1. The standard InChI is InChI=1S/C31H32N6/c1-4-22-16-23(5-1)29-25-7-3-9-27(18-25)31-35-13-10-32(19-35)28(22)24-6-2-8-26(17-24)30(34-12-11-33(29)20-34)36-14-15-37(31)21-36/h1-9,16-18,28-31H,10-15,19,21H2. The predicted octanol–water partition coefficient (Wildman–Crippen LogP) is 3.29. The Labute approximate surface area is 218 Å². The van der Waals surface area contributed by atoms with Crippen LogP contribution in [0.3, 0.4) is 0 Å². The summed E-state index contributed by atoms with van der Waals surface area (Å²) in [6, 6.07) is 28.9. The number of rotatable bonds is 0. The quantitative estimate of drug-likeness (QED) is 0.356. The molecule has 8 unspecified atom stereocenters. The molecule has 0 aliphatic carbocycles. The van der Waals surface area contributed by atoms with Gasteiger partial charge >= 0.3 is 0 Å². The Morgan fingerprint density at radius 2 is 1.08 bits per heavy atom. The Morgan fingerprint density at radius 3 is 1.81 bits per heavy atom. The van der Waals surface area contributed by atoms with E-state index in [0.717, 1.165) is 52.6 Å². The topological polar surface area (TPSA) is 19.2 Å². The van der Waals surface area contributed by atoms with Crippen LogP contribution < -0.4 is 0 Å². The second-order valence-electron chi connectivity index (χ2n) is 11.6. The van der Waals surface area contributed by atoms with Gasteiger partial charge in [0.15, 0.2) is 0 Å². The van der Waals surface area contributed by atoms with Crippen LogP contribution in [0, 0.1) is 0 Å². The van der Waals surface area contributed by atoms with Crippen LogP contribution in [0.25, 0.3) is 0 Å². The van der Waals surface area contributed by atoms with Gasteiger partial charge in [0.05, 0.1) is 38.6 Å². The van der Waals surface area contributed by atoms with Gasteiger partial charge in [-0.25, -0.2) is 4.90 Å². The van der Waals surface area contributed by atoms with Gasteiger partial charge in [-0.2, -0.15) is 0 Å². The lowest BCUT2D eigenvalue weighted by molar-refractivity contribution is -0.549. The first-order chi connectivity index (χ1) is 18.3. The maximum Gasteiger partial charge on any atom is 0.147 e. The summed E-state index contributed by atoms with van der Waals surface area (Å²) in [6.45, 7) is 8.27. The van der Waals surface area contributed by atoms with Gasteiger partial charge in [-0.05, 0) is 46.0 Å². The molecule has 7 aliphatic heterocycles. The summed E-state index contributed by atoms with van der Waals surface area (Å²) in [6.07, 6.45) is 4.40. The van der Waals surface area contributed by atoms with Gasteiger partial charge in [0, 0.05) is 31.7 Å². The summed E-state index contributed by atoms with van der Waals surface area (Å²) in [4.78, 5) is 13.4. The van der Waals surface area contributed by atoms with E-state index in [1.54, 1.807) is 0 Å². The van der Waals surface area contributed by atoms with Gasteiger partial charge in [-0.1, -0.05) is 60.9 Å². The molecule has 3 aromatic rings. The average Bonchev–Trinajstić information content (AvgIpc) is 3.68. The monoisotopic (exact) mass is 488 g/mol. The molecule has 3 aromatic carbocycles. The first-order valence-electron chi connectivity index (χ1n) is 13.9. The number of hydrogen-bond acceptors (Lipinski definition) is 5. The van der Waals surface area contributed by atoms with Crippen molar-refractivity contribution in [1.82, 2.24) is 24.5 Å². The van der Waals surface area contributed by atoms with Crippen molar-refractivity contribution in [3.8, 4) is 0 Å². The molecule has 37 heavy (non-hydrogen) atoms. The molecule has 0 radical (unpaired) electrons. The summed E-state index contributed by atoms with van der Waals surface area (Å²) < 4.78 is 2.48. The van der Waals surface area contributed by atoms with Crippen LogP contribution in [0.4, 0.5) is 0 Å². The summed E-state index contributed by atoms with van der Waals surface area (Å²) in [7, 11) is 0. The lowest BCUT2D eigenvalue weighted by Crippen LogP contribution is -2.44. The molecular weight excluding hydrogens is 456 g/mol. The van der Waals surface area contributed by atoms with Crippen LogP contribution in [-0.2, 0) is 0 Å². The third-order valence-electron chi connectivity index (χ3n) is 9.52. The molecule has 6 heteroatoms. The van der Waals surface area contributed by atoms with E-state index in [0.29, 0.717) is 6.17 Å². The van der Waals surface area contributed by atoms with E-state index in [1.165, 1.54) is 33.4 Å². The Balaban J connectivity index is 1.42. The van der Waals surface area contributed by atoms with Crippen molar-refractivity contribution in [2.24, 2.45) is 0 Å². The van der Waals surface area contributed by atoms with E-state index in [1.807, 2.05) is 0 Å². The highest BCUT2D eigenvalue weighted by atomic mass is 15.5. The highest BCUT2D eigenvalue weighted by molar-refractivity contribution is 5.54. The number of benzene rings is 3. The molecule has 0 aromatic heterocycles. The number of nitrogens with zero attached hydrogens (tertiary/aromatic N) is 6. The summed E-state index contributed by atoms with van der Waals surface area (Å²) in [5.74, 6) is 0. The Morgan fingerprint density at radius 1 is 0.568 bits per heavy atom. The molecule has 186 valence electrons. The average molecular weight is 489 g/mol. The SMILES string of the molecule is [C-]1=[N+]2CCN1C1c3cccc(c3)C3c4cccc(c4)C2c2cccc(c2)C(N2CCN3C2)N2CCN1C2. The lowest BCUT2D eigenvalue weighted by Gasteiger charge is -2.41. The van der Waals surface area contributed by atoms with Gasteiger partial charge in [0.2, 0.25) is 0 Å². The third-order valence-corrected chi connectivity index (χ3v) is 9.52. The molecule has 10 rings (SSSR count). The lowest BCUT2D eigenvalue weighted by atomic mass is 9.90. The van der Waals surface area contributed by atoms with Crippen molar-refractivity contribution in [2.45, 2.75) is 24.4 Å². The first-order valence-corrected chi connectivity index (χ1v) is 13.9. The normalized spacial score (nSPS) is 36.4. The van der Waals surface area contributed by atoms with Crippen LogP contribution >= 0.6 is 0 Å². The highest BCUT2D eigenvalue weighted by Crippen LogP contribution is 2.43. The third kappa shape index (κ3) is 3.04. The largest absolute Gasteiger partial charge is 0.425 e. The molecule has 0 N–H and O–H groups in total. The number of hydrogen-bond donors (Lipinski definition) is 0. The van der Waals surface area contributed by atoms with Crippen molar-refractivity contribution < 1.29 is 4.58 Å². The van der Waals surface area contributed by atoms with E-state index >= 15 is 0 Å². The molecule has 8 atom stereocenters. The first kappa shape index (κ1) is 21.0. The molecule has 2 saturated heterocycles. The van der Waals surface area contributed by atoms with Gasteiger partial charge in [0.25, 0.3) is 0 Å². The van der Waals surface area contributed by atoms with Crippen molar-refractivity contribution in [2.75, 3.05) is 52.6 Å². The van der Waals surface area contributed by atoms with Gasteiger partial charge in [-0.3, -0.25) is 14.7 Å². The molecule has 16 bridgehead atoms. The Hall–Kier alpha value is -3.03. The molecule has 6 nitrogen and oxygen atoms in total. The zero-order chi connectivity index (χ0) is 24.1. The van der Waals surface area contributed by atoms with Crippen molar-refractivity contribution in [1.29, 1.82) is 0 Å². The molecule has 2 fully saturated rings. The minimum Gasteiger partial charge on any atom is -0.425 e. The summed E-state index contributed by atoms with van der Waals surface area (Å²) >= 11 is 0. The van der Waals surface area contributed by atoms with E-state index < -0.39 is 0 Å². The summed E-state index contributed by atoms with van der Waals surface area (Å²) in [5, 5.41) is 0. The van der Waals surface area contributed by atoms with Gasteiger partial charge in [0.1, 0.15) is 12.2 Å². The van der Waals surface area contributed by atoms with Crippen molar-refractivity contribution in [3.05, 3.63) is 106 Å². The molecule has 7 heterocycles. The predicted molar refractivity (Wildman–Crippen MR) is 142 cm³/mol. The fourth-order valence-corrected chi connectivity index (χ4v) is 8.00. The molecule has 0 saturated carbocycles. The van der Waals surface area contributed by atoms with E-state index in [2.05, 4.69) is 108 Å². The van der Waals surface area contributed by atoms with Crippen molar-refractivity contribution in [3.63, 3.8) is 0 Å². The van der Waals surface area contributed by atoms with Crippen LogP contribution in [0.15, 0.2) is 72.8 Å². The van der Waals surface area contributed by atoms with E-state index in [9.17, 15) is 0 Å². The highest BCUT2D eigenvalue weighted by Gasteiger charge is 2.43. The maximum absolute atomic E-state index is 3.90. The molecule has 0 amide bonds. The second-order valence-corrected chi connectivity index (χ2v) is 11.6. The van der Waals surface area contributed by atoms with E-state index in [-0.39, 0.29) is 18.2 Å². The zero-order valence-corrected chi connectivity index (χ0v) is 21.1. The summed E-state index contributed by atoms with van der Waals surface area (Å²) in [5.41, 5.74) is 8.41. The van der Waals surface area contributed by atoms with Crippen LogP contribution in [0.2, 0.25) is 0 Å². The van der Waals surface area contributed by atoms with Crippen LogP contribution in [0.5, 0.6) is 0 Å². The van der Waals surface area contributed by atoms with Gasteiger partial charge < -0.3 is 9.48 Å². The second kappa shape index (κ2) is 7.74. The molecule has 0 spiro atoms. The fourth-order valence-electron chi connectivity index (χ4n) is 8.00. The molecule has 7 aliphatic rings. The van der Waals surface area contributed by atoms with E-state index in [4.69, 9.17) is 0 Å². The van der Waals surface area contributed by atoms with Crippen molar-refractivity contribution >= 4 is 6.34 Å². The minimum atomic E-state index is 0.161. The maximum atomic E-state index is 3.90. The Bertz CT molecular complexity index is 1430. The fraction of sp³-hybridized carbons (Fsp3) is 0.387. The van der Waals surface area contributed by atoms with Crippen LogP contribution in [-0.4, -0.2) is 88.0 Å². The Kier molecular flexibility index (Phi) is 4.39. The molecular formula is C31H32N6. The van der Waals surface area contributed by atoms with Crippen LogP contribution in [0.1, 0.15) is 57.8 Å². The minimum absolute atomic E-state index is 0.161. The smallest absolute Gasteiger partial charge is 0.147 e.